The number of hydrogen-bond acceptors (Lipinski definition) is 4. The Morgan fingerprint density at radius 2 is 2.24 bits per heavy atom. The van der Waals surface area contributed by atoms with E-state index in [-0.39, 0.29) is 24.5 Å². The molecule has 5 nitrogen and oxygen atoms in total. The fourth-order valence-electron chi connectivity index (χ4n) is 2.06. The summed E-state index contributed by atoms with van der Waals surface area (Å²) in [6.45, 7) is 4.23. The molecule has 2 N–H and O–H groups in total. The van der Waals surface area contributed by atoms with Gasteiger partial charge in [0.2, 0.25) is 5.91 Å². The maximum Gasteiger partial charge on any atom is 0.223 e. The Morgan fingerprint density at radius 3 is 2.71 bits per heavy atom. The van der Waals surface area contributed by atoms with E-state index in [1.807, 2.05) is 13.8 Å². The highest BCUT2D eigenvalue weighted by atomic mass is 16.7. The third kappa shape index (κ3) is 3.18. The highest BCUT2D eigenvalue weighted by molar-refractivity contribution is 5.79. The quantitative estimate of drug-likeness (QED) is 0.750. The zero-order valence-electron chi connectivity index (χ0n) is 10.4. The van der Waals surface area contributed by atoms with Gasteiger partial charge in [0.1, 0.15) is 6.10 Å². The molecule has 1 saturated heterocycles. The van der Waals surface area contributed by atoms with Crippen molar-refractivity contribution in [2.45, 2.75) is 51.1 Å². The molecule has 2 rings (SSSR count). The van der Waals surface area contributed by atoms with E-state index in [9.17, 15) is 9.90 Å². The van der Waals surface area contributed by atoms with Crippen molar-refractivity contribution in [2.24, 2.45) is 5.92 Å². The number of carbonyl (C=O) groups is 1. The molecule has 0 aromatic rings. The molecule has 5 heteroatoms. The van der Waals surface area contributed by atoms with Crippen molar-refractivity contribution in [3.05, 3.63) is 0 Å². The van der Waals surface area contributed by atoms with E-state index < -0.39 is 11.9 Å². The normalized spacial score (nSPS) is 29.7. The van der Waals surface area contributed by atoms with E-state index in [0.29, 0.717) is 6.61 Å². The Labute approximate surface area is 101 Å². The van der Waals surface area contributed by atoms with Crippen LogP contribution in [0.15, 0.2) is 0 Å². The van der Waals surface area contributed by atoms with Crippen molar-refractivity contribution in [1.82, 2.24) is 5.32 Å². The summed E-state index contributed by atoms with van der Waals surface area (Å²) in [4.78, 5) is 11.6. The topological polar surface area (TPSA) is 67.8 Å². The molecule has 0 aromatic heterocycles. The van der Waals surface area contributed by atoms with Gasteiger partial charge in [-0.15, -0.1) is 0 Å². The van der Waals surface area contributed by atoms with Gasteiger partial charge in [-0.3, -0.25) is 4.79 Å². The molecule has 17 heavy (non-hydrogen) atoms. The van der Waals surface area contributed by atoms with Crippen LogP contribution in [0.5, 0.6) is 0 Å². The highest BCUT2D eigenvalue weighted by Crippen LogP contribution is 2.26. The van der Waals surface area contributed by atoms with Crippen LogP contribution in [0.25, 0.3) is 0 Å². The lowest BCUT2D eigenvalue weighted by Crippen LogP contribution is -2.43. The van der Waals surface area contributed by atoms with E-state index in [1.165, 1.54) is 0 Å². The lowest BCUT2D eigenvalue weighted by Gasteiger charge is -2.25. The van der Waals surface area contributed by atoms with Gasteiger partial charge in [0, 0.05) is 12.5 Å². The van der Waals surface area contributed by atoms with Crippen molar-refractivity contribution < 1.29 is 19.4 Å². The lowest BCUT2D eigenvalue weighted by molar-refractivity contribution is -0.151. The third-order valence-electron chi connectivity index (χ3n) is 3.42. The number of nitrogens with one attached hydrogen (secondary N) is 1. The molecular formula is C12H21NO4. The Balaban J connectivity index is 1.70. The SMILES string of the molecule is CC1(C)OCC(C(O)CNC(=O)C2CCC2)O1. The first-order chi connectivity index (χ1) is 7.98. The second-order valence-corrected chi connectivity index (χ2v) is 5.31. The summed E-state index contributed by atoms with van der Waals surface area (Å²) in [6.07, 6.45) is 2.01. The van der Waals surface area contributed by atoms with Crippen molar-refractivity contribution in [3.8, 4) is 0 Å². The second-order valence-electron chi connectivity index (χ2n) is 5.31. The number of carbonyl (C=O) groups excluding carboxylic acids is 1. The summed E-state index contributed by atoms with van der Waals surface area (Å²) in [5.41, 5.74) is 0. The van der Waals surface area contributed by atoms with Gasteiger partial charge >= 0.3 is 0 Å². The van der Waals surface area contributed by atoms with Crippen LogP contribution in [0.1, 0.15) is 33.1 Å². The highest BCUT2D eigenvalue weighted by Gasteiger charge is 2.37. The van der Waals surface area contributed by atoms with Gasteiger partial charge in [-0.25, -0.2) is 0 Å². The Bertz CT molecular complexity index is 288. The molecule has 1 aliphatic carbocycles. The largest absolute Gasteiger partial charge is 0.388 e. The van der Waals surface area contributed by atoms with Gasteiger partial charge in [-0.1, -0.05) is 6.42 Å². The number of hydrogen-bond donors (Lipinski definition) is 2. The van der Waals surface area contributed by atoms with Crippen molar-refractivity contribution >= 4 is 5.91 Å². The van der Waals surface area contributed by atoms with Gasteiger partial charge < -0.3 is 19.9 Å². The minimum absolute atomic E-state index is 0.0495. The molecule has 1 amide bonds. The molecule has 0 bridgehead atoms. The summed E-state index contributed by atoms with van der Waals surface area (Å²) in [5, 5.41) is 12.6. The predicted octanol–water partition coefficient (Wildman–Crippen LogP) is 0.415. The maximum atomic E-state index is 11.6. The average Bonchev–Trinajstić information content (AvgIpc) is 2.52. The number of amides is 1. The minimum Gasteiger partial charge on any atom is -0.388 e. The van der Waals surface area contributed by atoms with Crippen molar-refractivity contribution in [3.63, 3.8) is 0 Å². The standard InChI is InChI=1S/C12H21NO4/c1-12(2)16-7-10(17-12)9(14)6-13-11(15)8-4-3-5-8/h8-10,14H,3-7H2,1-2H3,(H,13,15). The van der Waals surface area contributed by atoms with Crippen LogP contribution in [0.2, 0.25) is 0 Å². The van der Waals surface area contributed by atoms with E-state index in [2.05, 4.69) is 5.32 Å². The van der Waals surface area contributed by atoms with Gasteiger partial charge in [0.15, 0.2) is 5.79 Å². The summed E-state index contributed by atoms with van der Waals surface area (Å²) in [6, 6.07) is 0. The first-order valence-corrected chi connectivity index (χ1v) is 6.25. The molecule has 2 unspecified atom stereocenters. The Hall–Kier alpha value is -0.650. The molecule has 2 atom stereocenters. The Morgan fingerprint density at radius 1 is 1.53 bits per heavy atom. The summed E-state index contributed by atoms with van der Waals surface area (Å²) >= 11 is 0. The zero-order valence-corrected chi connectivity index (χ0v) is 10.4. The first-order valence-electron chi connectivity index (χ1n) is 6.25. The smallest absolute Gasteiger partial charge is 0.223 e. The van der Waals surface area contributed by atoms with Crippen molar-refractivity contribution in [2.75, 3.05) is 13.2 Å². The van der Waals surface area contributed by atoms with Crippen LogP contribution in [-0.4, -0.2) is 42.2 Å². The van der Waals surface area contributed by atoms with Crippen LogP contribution < -0.4 is 5.32 Å². The molecule has 1 aliphatic heterocycles. The first kappa shape index (κ1) is 12.8. The van der Waals surface area contributed by atoms with E-state index in [1.54, 1.807) is 0 Å². The molecule has 0 radical (unpaired) electrons. The third-order valence-corrected chi connectivity index (χ3v) is 3.42. The lowest BCUT2D eigenvalue weighted by atomic mass is 9.85. The summed E-state index contributed by atoms with van der Waals surface area (Å²) in [7, 11) is 0. The summed E-state index contributed by atoms with van der Waals surface area (Å²) < 4.78 is 10.9. The number of aliphatic hydroxyl groups is 1. The van der Waals surface area contributed by atoms with Crippen LogP contribution in [0.3, 0.4) is 0 Å². The fourth-order valence-corrected chi connectivity index (χ4v) is 2.06. The Kier molecular flexibility index (Phi) is 3.70. The van der Waals surface area contributed by atoms with E-state index in [4.69, 9.17) is 9.47 Å². The van der Waals surface area contributed by atoms with Gasteiger partial charge in [0.05, 0.1) is 12.7 Å². The van der Waals surface area contributed by atoms with Crippen LogP contribution in [0.4, 0.5) is 0 Å². The average molecular weight is 243 g/mol. The number of ether oxygens (including phenoxy) is 2. The number of aliphatic hydroxyl groups excluding tert-OH is 1. The minimum atomic E-state index is -0.708. The van der Waals surface area contributed by atoms with E-state index in [0.717, 1.165) is 19.3 Å². The second kappa shape index (κ2) is 4.92. The molecule has 1 heterocycles. The molecular weight excluding hydrogens is 222 g/mol. The van der Waals surface area contributed by atoms with Crippen LogP contribution in [-0.2, 0) is 14.3 Å². The van der Waals surface area contributed by atoms with E-state index >= 15 is 0 Å². The summed E-state index contributed by atoms with van der Waals surface area (Å²) in [5.74, 6) is -0.434. The zero-order chi connectivity index (χ0) is 12.5. The van der Waals surface area contributed by atoms with Crippen LogP contribution >= 0.6 is 0 Å². The monoisotopic (exact) mass is 243 g/mol. The van der Waals surface area contributed by atoms with Gasteiger partial charge in [-0.05, 0) is 26.7 Å². The molecule has 98 valence electrons. The van der Waals surface area contributed by atoms with Crippen molar-refractivity contribution in [1.29, 1.82) is 0 Å². The predicted molar refractivity (Wildman–Crippen MR) is 61.3 cm³/mol. The van der Waals surface area contributed by atoms with Gasteiger partial charge in [-0.2, -0.15) is 0 Å². The molecule has 0 spiro atoms. The molecule has 2 fully saturated rings. The molecule has 0 aromatic carbocycles. The fraction of sp³-hybridized carbons (Fsp3) is 0.917. The molecule has 1 saturated carbocycles. The maximum absolute atomic E-state index is 11.6. The van der Waals surface area contributed by atoms with Gasteiger partial charge in [0.25, 0.3) is 0 Å². The van der Waals surface area contributed by atoms with Crippen LogP contribution in [0, 0.1) is 5.92 Å². The number of rotatable bonds is 4. The molecule has 2 aliphatic rings.